The molecule has 0 fully saturated rings. The maximum atomic E-state index is 2.34. The smallest absolute Gasteiger partial charge is 0.0206 e. The van der Waals surface area contributed by atoms with Gasteiger partial charge in [-0.3, -0.25) is 0 Å². The maximum Gasteiger partial charge on any atom is 0.0206 e. The van der Waals surface area contributed by atoms with Crippen LogP contribution in [0.2, 0.25) is 0 Å². The molecule has 1 aliphatic rings. The second-order valence-electron chi connectivity index (χ2n) is 3.52. The quantitative estimate of drug-likeness (QED) is 0.576. The lowest BCUT2D eigenvalue weighted by molar-refractivity contribution is 0.645. The molecule has 2 rings (SSSR count). The fourth-order valence-electron chi connectivity index (χ4n) is 2.01. The van der Waals surface area contributed by atoms with Crippen LogP contribution in [-0.2, 0) is 19.9 Å². The average molecular weight is 179 g/mol. The summed E-state index contributed by atoms with van der Waals surface area (Å²) in [6, 6.07) is 2.34. The van der Waals surface area contributed by atoms with E-state index < -0.39 is 0 Å². The molecule has 0 saturated carbocycles. The Hall–Kier alpha value is -0.720. The summed E-state index contributed by atoms with van der Waals surface area (Å²) in [6.07, 6.45) is 5.36. The van der Waals surface area contributed by atoms with E-state index in [4.69, 9.17) is 0 Å². The largest absolute Gasteiger partial charge is 0.352 e. The molecule has 0 N–H and O–H groups in total. The molecule has 0 radical (unpaired) electrons. The van der Waals surface area contributed by atoms with Crippen molar-refractivity contribution in [3.05, 3.63) is 23.0 Å². The van der Waals surface area contributed by atoms with Crippen LogP contribution in [0.4, 0.5) is 0 Å². The summed E-state index contributed by atoms with van der Waals surface area (Å²) in [6.45, 7) is 6.19. The predicted molar refractivity (Wildman–Crippen MR) is 58.1 cm³/mol. The van der Waals surface area contributed by atoms with Gasteiger partial charge >= 0.3 is 0 Å². The summed E-state index contributed by atoms with van der Waals surface area (Å²) in [4.78, 5) is 0. The number of rotatable bonds is 0. The summed E-state index contributed by atoms with van der Waals surface area (Å²) in [7, 11) is 2.18. The molecule has 0 saturated heterocycles. The number of hydrogen-bond acceptors (Lipinski definition) is 0. The van der Waals surface area contributed by atoms with Crippen LogP contribution in [0.25, 0.3) is 0 Å². The van der Waals surface area contributed by atoms with Crippen molar-refractivity contribution in [2.45, 2.75) is 46.5 Å². The second-order valence-corrected chi connectivity index (χ2v) is 3.52. The zero-order valence-electron chi connectivity index (χ0n) is 9.35. The van der Waals surface area contributed by atoms with Gasteiger partial charge in [-0.2, -0.15) is 0 Å². The van der Waals surface area contributed by atoms with Crippen LogP contribution in [0.3, 0.4) is 0 Å². The van der Waals surface area contributed by atoms with Crippen LogP contribution in [0.5, 0.6) is 0 Å². The highest BCUT2D eigenvalue weighted by molar-refractivity contribution is 5.29. The van der Waals surface area contributed by atoms with Gasteiger partial charge in [0.25, 0.3) is 0 Å². The van der Waals surface area contributed by atoms with Crippen LogP contribution < -0.4 is 0 Å². The molecule has 0 unspecified atom stereocenters. The van der Waals surface area contributed by atoms with Crippen LogP contribution in [-0.4, -0.2) is 4.57 Å². The van der Waals surface area contributed by atoms with Gasteiger partial charge < -0.3 is 4.57 Å². The van der Waals surface area contributed by atoms with Gasteiger partial charge in [0.15, 0.2) is 0 Å². The fraction of sp³-hybridized carbons (Fsp3) is 0.667. The van der Waals surface area contributed by atoms with E-state index in [1.807, 2.05) is 13.8 Å². The highest BCUT2D eigenvalue weighted by Gasteiger charge is 2.13. The Bertz CT molecular complexity index is 271. The Morgan fingerprint density at radius 3 is 2.38 bits per heavy atom. The highest BCUT2D eigenvalue weighted by atomic mass is 15.0. The molecule has 1 aliphatic carbocycles. The fourth-order valence-corrected chi connectivity index (χ4v) is 2.01. The monoisotopic (exact) mass is 179 g/mol. The first-order valence-corrected chi connectivity index (χ1v) is 5.43. The van der Waals surface area contributed by atoms with Gasteiger partial charge in [-0.25, -0.2) is 0 Å². The third-order valence-corrected chi connectivity index (χ3v) is 2.80. The third-order valence-electron chi connectivity index (χ3n) is 2.80. The van der Waals surface area contributed by atoms with E-state index in [1.54, 1.807) is 11.3 Å². The molecule has 13 heavy (non-hydrogen) atoms. The normalized spacial score (nSPS) is 14.5. The first kappa shape index (κ1) is 10.4. The van der Waals surface area contributed by atoms with E-state index in [0.29, 0.717) is 0 Å². The molecule has 0 amide bonds. The van der Waals surface area contributed by atoms with Crippen molar-refractivity contribution in [1.29, 1.82) is 0 Å². The van der Waals surface area contributed by atoms with E-state index in [9.17, 15) is 0 Å². The van der Waals surface area contributed by atoms with E-state index in [-0.39, 0.29) is 0 Å². The molecule has 1 nitrogen and oxygen atoms in total. The van der Waals surface area contributed by atoms with Gasteiger partial charge in [-0.05, 0) is 44.2 Å². The van der Waals surface area contributed by atoms with Crippen LogP contribution in [0.15, 0.2) is 6.07 Å². The first-order valence-electron chi connectivity index (χ1n) is 5.43. The number of aryl methyl sites for hydroxylation is 2. The summed E-state index contributed by atoms with van der Waals surface area (Å²) in [5.41, 5.74) is 4.59. The molecule has 1 aromatic heterocycles. The zero-order chi connectivity index (χ0) is 9.84. The van der Waals surface area contributed by atoms with Crippen molar-refractivity contribution < 1.29 is 0 Å². The van der Waals surface area contributed by atoms with Crippen LogP contribution in [0.1, 0.15) is 43.6 Å². The number of aromatic nitrogens is 1. The minimum atomic E-state index is 1.29. The molecule has 74 valence electrons. The minimum absolute atomic E-state index is 1.29. The molecule has 0 aliphatic heterocycles. The molecule has 0 aromatic carbocycles. The molecule has 1 heterocycles. The summed E-state index contributed by atoms with van der Waals surface area (Å²) in [5.74, 6) is 0. The van der Waals surface area contributed by atoms with Gasteiger partial charge in [0.1, 0.15) is 0 Å². The van der Waals surface area contributed by atoms with Crippen LogP contribution in [0, 0.1) is 6.92 Å². The minimum Gasteiger partial charge on any atom is -0.352 e. The van der Waals surface area contributed by atoms with E-state index >= 15 is 0 Å². The molecule has 0 spiro atoms. The molecule has 1 heteroatoms. The first-order chi connectivity index (χ1) is 6.29. The second kappa shape index (κ2) is 4.50. The standard InChI is InChI=1S/C10H15N.C2H6/c1-8-7-9-5-3-4-6-10(9)11(8)2;1-2/h7H,3-6H2,1-2H3;1-2H3. The van der Waals surface area contributed by atoms with E-state index in [0.717, 1.165) is 0 Å². The predicted octanol–water partition coefficient (Wildman–Crippen LogP) is 3.24. The van der Waals surface area contributed by atoms with Crippen LogP contribution >= 0.6 is 0 Å². The number of fused-ring (bicyclic) bond motifs is 1. The van der Waals surface area contributed by atoms with Gasteiger partial charge in [-0.15, -0.1) is 0 Å². The lowest BCUT2D eigenvalue weighted by Crippen LogP contribution is -2.05. The molecule has 0 bridgehead atoms. The lowest BCUT2D eigenvalue weighted by Gasteiger charge is -2.12. The van der Waals surface area contributed by atoms with Crippen molar-refractivity contribution in [2.75, 3.05) is 0 Å². The lowest BCUT2D eigenvalue weighted by atomic mass is 9.98. The topological polar surface area (TPSA) is 4.93 Å². The summed E-state index contributed by atoms with van der Waals surface area (Å²) >= 11 is 0. The van der Waals surface area contributed by atoms with Gasteiger partial charge in [0, 0.05) is 18.4 Å². The SMILES string of the molecule is CC.Cc1cc2c(n1C)CCCC2. The highest BCUT2D eigenvalue weighted by Crippen LogP contribution is 2.23. The average Bonchev–Trinajstić information content (AvgIpc) is 2.47. The zero-order valence-corrected chi connectivity index (χ0v) is 9.35. The van der Waals surface area contributed by atoms with E-state index in [1.165, 1.54) is 31.4 Å². The number of hydrogen-bond donors (Lipinski definition) is 0. The Morgan fingerprint density at radius 2 is 1.77 bits per heavy atom. The van der Waals surface area contributed by atoms with E-state index in [2.05, 4.69) is 24.6 Å². The molecular weight excluding hydrogens is 158 g/mol. The Kier molecular flexibility index (Phi) is 3.58. The summed E-state index contributed by atoms with van der Waals surface area (Å²) < 4.78 is 2.34. The van der Waals surface area contributed by atoms with Crippen molar-refractivity contribution in [1.82, 2.24) is 4.57 Å². The Morgan fingerprint density at radius 1 is 1.15 bits per heavy atom. The van der Waals surface area contributed by atoms with Crippen molar-refractivity contribution >= 4 is 0 Å². The van der Waals surface area contributed by atoms with Crippen molar-refractivity contribution in [2.24, 2.45) is 7.05 Å². The van der Waals surface area contributed by atoms with Gasteiger partial charge in [0.05, 0.1) is 0 Å². The Labute approximate surface area is 81.8 Å². The molecule has 1 aromatic rings. The maximum absolute atomic E-state index is 2.34. The Balaban J connectivity index is 0.000000396. The van der Waals surface area contributed by atoms with Gasteiger partial charge in [0.2, 0.25) is 0 Å². The summed E-state index contributed by atoms with van der Waals surface area (Å²) in [5, 5.41) is 0. The van der Waals surface area contributed by atoms with Crippen molar-refractivity contribution in [3.63, 3.8) is 0 Å². The third kappa shape index (κ3) is 1.96. The molecule has 0 atom stereocenters. The van der Waals surface area contributed by atoms with Gasteiger partial charge in [-0.1, -0.05) is 13.8 Å². The molecular formula is C12H21N. The van der Waals surface area contributed by atoms with Crippen molar-refractivity contribution in [3.8, 4) is 0 Å². The number of nitrogens with zero attached hydrogens (tertiary/aromatic N) is 1.